The molecule has 2 aromatic rings. The lowest BCUT2D eigenvalue weighted by atomic mass is 10.0. The SMILES string of the molecule is COc1cccc2c1N(CC(O)COc1ccc(C(C)=O)cc1)CCC2. The molecule has 0 amide bonds. The molecule has 5 heteroatoms. The maximum Gasteiger partial charge on any atom is 0.159 e. The van der Waals surface area contributed by atoms with Crippen molar-refractivity contribution < 1.29 is 19.4 Å². The van der Waals surface area contributed by atoms with Gasteiger partial charge in [0.05, 0.1) is 12.8 Å². The Hall–Kier alpha value is -2.53. The fourth-order valence-electron chi connectivity index (χ4n) is 3.33. The summed E-state index contributed by atoms with van der Waals surface area (Å²) in [5.41, 5.74) is 2.98. The quantitative estimate of drug-likeness (QED) is 0.774. The number of ketones is 1. The van der Waals surface area contributed by atoms with Gasteiger partial charge < -0.3 is 19.5 Å². The molecular weight excluding hydrogens is 330 g/mol. The molecule has 1 aliphatic heterocycles. The van der Waals surface area contributed by atoms with E-state index in [-0.39, 0.29) is 12.4 Å². The second-order valence-corrected chi connectivity index (χ2v) is 6.56. The lowest BCUT2D eigenvalue weighted by Crippen LogP contribution is -2.38. The number of aliphatic hydroxyl groups is 1. The number of aliphatic hydroxyl groups excluding tert-OH is 1. The van der Waals surface area contributed by atoms with Crippen LogP contribution in [0.15, 0.2) is 42.5 Å². The number of anilines is 1. The molecule has 1 heterocycles. The number of rotatable bonds is 7. The maximum atomic E-state index is 11.3. The van der Waals surface area contributed by atoms with Crippen LogP contribution in [0.3, 0.4) is 0 Å². The van der Waals surface area contributed by atoms with E-state index in [2.05, 4.69) is 11.0 Å². The third kappa shape index (κ3) is 4.17. The summed E-state index contributed by atoms with van der Waals surface area (Å²) in [5.74, 6) is 1.51. The number of benzene rings is 2. The summed E-state index contributed by atoms with van der Waals surface area (Å²) in [4.78, 5) is 13.5. The fourth-order valence-corrected chi connectivity index (χ4v) is 3.33. The van der Waals surface area contributed by atoms with E-state index < -0.39 is 6.10 Å². The molecule has 26 heavy (non-hydrogen) atoms. The number of carbonyl (C=O) groups is 1. The Morgan fingerprint density at radius 2 is 2.00 bits per heavy atom. The topological polar surface area (TPSA) is 59.0 Å². The number of fused-ring (bicyclic) bond motifs is 1. The molecule has 1 unspecified atom stereocenters. The molecule has 5 nitrogen and oxygen atoms in total. The van der Waals surface area contributed by atoms with Crippen molar-refractivity contribution in [3.05, 3.63) is 53.6 Å². The van der Waals surface area contributed by atoms with Gasteiger partial charge >= 0.3 is 0 Å². The van der Waals surface area contributed by atoms with E-state index in [0.29, 0.717) is 17.9 Å². The van der Waals surface area contributed by atoms with Crippen LogP contribution in [-0.4, -0.2) is 43.8 Å². The van der Waals surface area contributed by atoms with Gasteiger partial charge in [0, 0.05) is 18.7 Å². The summed E-state index contributed by atoms with van der Waals surface area (Å²) in [7, 11) is 1.67. The number of nitrogens with zero attached hydrogens (tertiary/aromatic N) is 1. The van der Waals surface area contributed by atoms with Crippen LogP contribution >= 0.6 is 0 Å². The van der Waals surface area contributed by atoms with Crippen LogP contribution in [0.4, 0.5) is 5.69 Å². The molecule has 3 rings (SSSR count). The summed E-state index contributed by atoms with van der Waals surface area (Å²) >= 11 is 0. The van der Waals surface area contributed by atoms with Gasteiger partial charge in [0.15, 0.2) is 5.78 Å². The zero-order valence-electron chi connectivity index (χ0n) is 15.3. The molecule has 1 N–H and O–H groups in total. The van der Waals surface area contributed by atoms with Gasteiger partial charge in [0.25, 0.3) is 0 Å². The Balaban J connectivity index is 1.61. The monoisotopic (exact) mass is 355 g/mol. The molecule has 138 valence electrons. The van der Waals surface area contributed by atoms with Gasteiger partial charge in [0.2, 0.25) is 0 Å². The first-order valence-corrected chi connectivity index (χ1v) is 8.91. The molecule has 0 fully saturated rings. The summed E-state index contributed by atoms with van der Waals surface area (Å²) < 4.78 is 11.2. The first-order valence-electron chi connectivity index (χ1n) is 8.91. The van der Waals surface area contributed by atoms with E-state index >= 15 is 0 Å². The van der Waals surface area contributed by atoms with Gasteiger partial charge in [-0.05, 0) is 55.7 Å². The molecule has 0 spiro atoms. The first kappa shape index (κ1) is 18.3. The van der Waals surface area contributed by atoms with Gasteiger partial charge in [-0.3, -0.25) is 4.79 Å². The van der Waals surface area contributed by atoms with Crippen molar-refractivity contribution in [3.8, 4) is 11.5 Å². The summed E-state index contributed by atoms with van der Waals surface area (Å²) in [6.45, 7) is 3.10. The van der Waals surface area contributed by atoms with Crippen molar-refractivity contribution in [1.29, 1.82) is 0 Å². The minimum Gasteiger partial charge on any atom is -0.495 e. The van der Waals surface area contributed by atoms with Crippen LogP contribution in [0.1, 0.15) is 29.3 Å². The van der Waals surface area contributed by atoms with E-state index in [1.54, 1.807) is 31.4 Å². The van der Waals surface area contributed by atoms with Gasteiger partial charge in [-0.1, -0.05) is 12.1 Å². The van der Waals surface area contributed by atoms with E-state index in [1.807, 2.05) is 12.1 Å². The fraction of sp³-hybridized carbons (Fsp3) is 0.381. The van der Waals surface area contributed by atoms with Crippen molar-refractivity contribution in [2.45, 2.75) is 25.9 Å². The van der Waals surface area contributed by atoms with E-state index in [1.165, 1.54) is 12.5 Å². The van der Waals surface area contributed by atoms with Crippen molar-refractivity contribution >= 4 is 11.5 Å². The third-order valence-electron chi connectivity index (χ3n) is 4.63. The zero-order chi connectivity index (χ0) is 18.5. The van der Waals surface area contributed by atoms with Crippen LogP contribution in [-0.2, 0) is 6.42 Å². The second-order valence-electron chi connectivity index (χ2n) is 6.56. The number of hydrogen-bond donors (Lipinski definition) is 1. The Morgan fingerprint density at radius 3 is 2.69 bits per heavy atom. The molecule has 0 aliphatic carbocycles. The number of Topliss-reactive ketones (excluding diaryl/α,β-unsaturated/α-hetero) is 1. The molecule has 0 aromatic heterocycles. The summed E-state index contributed by atoms with van der Waals surface area (Å²) in [6.07, 6.45) is 1.46. The molecule has 2 aromatic carbocycles. The number of ether oxygens (including phenoxy) is 2. The summed E-state index contributed by atoms with van der Waals surface area (Å²) in [5, 5.41) is 10.4. The number of aryl methyl sites for hydroxylation is 1. The minimum atomic E-state index is -0.627. The van der Waals surface area contributed by atoms with Crippen molar-refractivity contribution in [1.82, 2.24) is 0 Å². The van der Waals surface area contributed by atoms with Gasteiger partial charge in [-0.25, -0.2) is 0 Å². The average Bonchev–Trinajstić information content (AvgIpc) is 2.66. The van der Waals surface area contributed by atoms with Crippen molar-refractivity contribution in [3.63, 3.8) is 0 Å². The third-order valence-corrected chi connectivity index (χ3v) is 4.63. The highest BCUT2D eigenvalue weighted by atomic mass is 16.5. The highest BCUT2D eigenvalue weighted by Crippen LogP contribution is 2.36. The van der Waals surface area contributed by atoms with Crippen LogP contribution in [0.2, 0.25) is 0 Å². The van der Waals surface area contributed by atoms with E-state index in [4.69, 9.17) is 9.47 Å². The molecule has 0 bridgehead atoms. The normalized spacial score (nSPS) is 14.5. The lowest BCUT2D eigenvalue weighted by molar-refractivity contribution is 0.101. The predicted octanol–water partition coefficient (Wildman–Crippen LogP) is 3.09. The largest absolute Gasteiger partial charge is 0.495 e. The summed E-state index contributed by atoms with van der Waals surface area (Å²) in [6, 6.07) is 13.0. The smallest absolute Gasteiger partial charge is 0.159 e. The number of β-amino-alcohol motifs (C(OH)–C–C–N with tert-alkyl or cyclic N) is 1. The Bertz CT molecular complexity index is 743. The molecule has 0 saturated carbocycles. The number of carbonyl (C=O) groups excluding carboxylic acids is 1. The predicted molar refractivity (Wildman–Crippen MR) is 101 cm³/mol. The minimum absolute atomic E-state index is 0.0225. The standard InChI is InChI=1S/C21H25NO4/c1-15(23)16-8-10-19(11-9-16)26-14-18(24)13-22-12-4-6-17-5-3-7-20(25-2)21(17)22/h3,5,7-11,18,24H,4,6,12-14H2,1-2H3. The van der Waals surface area contributed by atoms with Crippen LogP contribution in [0, 0.1) is 0 Å². The van der Waals surface area contributed by atoms with Crippen LogP contribution in [0.25, 0.3) is 0 Å². The highest BCUT2D eigenvalue weighted by Gasteiger charge is 2.23. The lowest BCUT2D eigenvalue weighted by Gasteiger charge is -2.34. The maximum absolute atomic E-state index is 11.3. The van der Waals surface area contributed by atoms with Gasteiger partial charge in [-0.2, -0.15) is 0 Å². The second kappa shape index (κ2) is 8.23. The first-order chi connectivity index (χ1) is 12.6. The molecule has 1 atom stereocenters. The molecule has 0 radical (unpaired) electrons. The van der Waals surface area contributed by atoms with E-state index in [9.17, 15) is 9.90 Å². The zero-order valence-corrected chi connectivity index (χ0v) is 15.3. The van der Waals surface area contributed by atoms with Gasteiger partial charge in [0.1, 0.15) is 24.2 Å². The Kier molecular flexibility index (Phi) is 5.78. The van der Waals surface area contributed by atoms with Crippen molar-refractivity contribution in [2.24, 2.45) is 0 Å². The van der Waals surface area contributed by atoms with Crippen LogP contribution in [0.5, 0.6) is 11.5 Å². The van der Waals surface area contributed by atoms with Gasteiger partial charge in [-0.15, -0.1) is 0 Å². The number of methoxy groups -OCH3 is 1. The number of hydrogen-bond acceptors (Lipinski definition) is 5. The van der Waals surface area contributed by atoms with E-state index in [0.717, 1.165) is 30.8 Å². The average molecular weight is 355 g/mol. The Labute approximate surface area is 154 Å². The highest BCUT2D eigenvalue weighted by molar-refractivity contribution is 5.94. The van der Waals surface area contributed by atoms with Crippen molar-refractivity contribution in [2.75, 3.05) is 31.7 Å². The molecule has 0 saturated heterocycles. The molecular formula is C21H25NO4. The number of para-hydroxylation sites is 1. The Morgan fingerprint density at radius 1 is 1.23 bits per heavy atom. The molecule has 1 aliphatic rings. The van der Waals surface area contributed by atoms with Crippen LogP contribution < -0.4 is 14.4 Å².